The molecule has 3 aliphatic rings. The van der Waals surface area contributed by atoms with Crippen LogP contribution in [-0.4, -0.2) is 103 Å². The Bertz CT molecular complexity index is 708. The maximum atomic E-state index is 13.5. The lowest BCUT2D eigenvalue weighted by molar-refractivity contribution is -0.143. The zero-order valence-corrected chi connectivity index (χ0v) is 18.0. The molecule has 0 N–H and O–H groups in total. The Morgan fingerprint density at radius 2 is 1.37 bits per heavy atom. The van der Waals surface area contributed by atoms with Gasteiger partial charge in [-0.25, -0.2) is 0 Å². The van der Waals surface area contributed by atoms with Gasteiger partial charge in [-0.2, -0.15) is 0 Å². The number of carbonyl (C=O) groups is 2. The van der Waals surface area contributed by atoms with Gasteiger partial charge in [-0.1, -0.05) is 30.3 Å². The highest BCUT2D eigenvalue weighted by molar-refractivity contribution is 5.84. The number of likely N-dealkylation sites (tertiary alicyclic amines) is 1. The summed E-state index contributed by atoms with van der Waals surface area (Å²) in [6.07, 6.45) is 2.32. The number of carbonyl (C=O) groups excluding carboxylic acids is 2. The summed E-state index contributed by atoms with van der Waals surface area (Å²) in [7, 11) is 0. The minimum Gasteiger partial charge on any atom is -0.378 e. The third-order valence-electron chi connectivity index (χ3n) is 6.71. The molecular weight excluding hydrogens is 380 g/mol. The van der Waals surface area contributed by atoms with Crippen LogP contribution in [0.3, 0.4) is 0 Å². The van der Waals surface area contributed by atoms with Gasteiger partial charge in [0.05, 0.1) is 19.3 Å². The van der Waals surface area contributed by atoms with E-state index in [1.807, 2.05) is 34.9 Å². The van der Waals surface area contributed by atoms with E-state index in [-0.39, 0.29) is 23.9 Å². The molecule has 2 unspecified atom stereocenters. The van der Waals surface area contributed by atoms with Gasteiger partial charge in [0, 0.05) is 39.3 Å². The van der Waals surface area contributed by atoms with Crippen LogP contribution < -0.4 is 0 Å². The van der Waals surface area contributed by atoms with Gasteiger partial charge < -0.3 is 14.5 Å². The fraction of sp³-hybridized carbons (Fsp3) is 0.652. The van der Waals surface area contributed by atoms with Crippen molar-refractivity contribution in [2.24, 2.45) is 0 Å². The third-order valence-corrected chi connectivity index (χ3v) is 6.71. The van der Waals surface area contributed by atoms with Crippen LogP contribution in [0.2, 0.25) is 0 Å². The first-order chi connectivity index (χ1) is 14.6. The number of hydrogen-bond donors (Lipinski definition) is 0. The minimum atomic E-state index is -0.187. The second-order valence-electron chi connectivity index (χ2n) is 8.53. The van der Waals surface area contributed by atoms with E-state index in [0.29, 0.717) is 39.4 Å². The van der Waals surface area contributed by atoms with Gasteiger partial charge in [-0.05, 0) is 38.4 Å². The first kappa shape index (κ1) is 21.3. The molecule has 0 spiro atoms. The molecule has 7 heteroatoms. The third kappa shape index (κ3) is 4.68. The van der Waals surface area contributed by atoms with Crippen molar-refractivity contribution in [3.05, 3.63) is 35.9 Å². The van der Waals surface area contributed by atoms with Crippen molar-refractivity contribution in [3.63, 3.8) is 0 Å². The van der Waals surface area contributed by atoms with Gasteiger partial charge >= 0.3 is 0 Å². The Morgan fingerprint density at radius 3 is 2.00 bits per heavy atom. The average Bonchev–Trinajstić information content (AvgIpc) is 3.34. The molecule has 164 valence electrons. The molecule has 2 amide bonds. The van der Waals surface area contributed by atoms with Gasteiger partial charge in [0.25, 0.3) is 0 Å². The van der Waals surface area contributed by atoms with Gasteiger partial charge in [0.1, 0.15) is 6.04 Å². The molecule has 3 saturated heterocycles. The zero-order valence-electron chi connectivity index (χ0n) is 18.0. The molecule has 3 fully saturated rings. The van der Waals surface area contributed by atoms with Crippen LogP contribution in [0.5, 0.6) is 0 Å². The molecule has 3 heterocycles. The summed E-state index contributed by atoms with van der Waals surface area (Å²) in [5.41, 5.74) is 1.09. The Kier molecular flexibility index (Phi) is 7.02. The second kappa shape index (κ2) is 9.90. The van der Waals surface area contributed by atoms with E-state index in [4.69, 9.17) is 4.74 Å². The number of benzene rings is 1. The van der Waals surface area contributed by atoms with Gasteiger partial charge in [0.2, 0.25) is 11.8 Å². The molecule has 2 atom stereocenters. The quantitative estimate of drug-likeness (QED) is 0.725. The molecule has 0 bridgehead atoms. The summed E-state index contributed by atoms with van der Waals surface area (Å²) in [5.74, 6) is 0.382. The molecule has 0 aliphatic carbocycles. The van der Waals surface area contributed by atoms with Crippen molar-refractivity contribution in [1.29, 1.82) is 0 Å². The SMILES string of the molecule is CC(C(=O)N1CCOCC1)N1CCN(C(=O)C(c2ccccc2)N2CCCC2)CC1. The van der Waals surface area contributed by atoms with Crippen LogP contribution in [0.1, 0.15) is 31.4 Å². The zero-order chi connectivity index (χ0) is 20.9. The number of ether oxygens (including phenoxy) is 1. The van der Waals surface area contributed by atoms with Crippen LogP contribution in [0.25, 0.3) is 0 Å². The summed E-state index contributed by atoms with van der Waals surface area (Å²) in [6.45, 7) is 9.39. The molecule has 1 aromatic carbocycles. The van der Waals surface area contributed by atoms with Crippen molar-refractivity contribution < 1.29 is 14.3 Å². The highest BCUT2D eigenvalue weighted by Crippen LogP contribution is 2.27. The molecule has 0 aromatic heterocycles. The molecule has 1 aromatic rings. The van der Waals surface area contributed by atoms with Crippen molar-refractivity contribution in [1.82, 2.24) is 19.6 Å². The van der Waals surface area contributed by atoms with Crippen molar-refractivity contribution in [2.45, 2.75) is 31.8 Å². The van der Waals surface area contributed by atoms with Gasteiger partial charge in [-0.15, -0.1) is 0 Å². The molecule has 3 aliphatic heterocycles. The number of morpholine rings is 1. The first-order valence-corrected chi connectivity index (χ1v) is 11.3. The molecular formula is C23H34N4O3. The largest absolute Gasteiger partial charge is 0.378 e. The summed E-state index contributed by atoms with van der Waals surface area (Å²) < 4.78 is 5.36. The van der Waals surface area contributed by atoms with E-state index in [2.05, 4.69) is 21.9 Å². The summed E-state index contributed by atoms with van der Waals surface area (Å²) in [5, 5.41) is 0. The van der Waals surface area contributed by atoms with E-state index >= 15 is 0 Å². The van der Waals surface area contributed by atoms with E-state index < -0.39 is 0 Å². The topological polar surface area (TPSA) is 56.3 Å². The standard InChI is InChI=1S/C23H34N4O3/c1-19(22(28)27-15-17-30-18-16-27)24-11-13-26(14-12-24)23(29)21(25-9-5-6-10-25)20-7-3-2-4-8-20/h2-4,7-8,19,21H,5-6,9-18H2,1H3. The lowest BCUT2D eigenvalue weighted by atomic mass is 10.0. The highest BCUT2D eigenvalue weighted by Gasteiger charge is 2.36. The van der Waals surface area contributed by atoms with Gasteiger partial charge in [-0.3, -0.25) is 19.4 Å². The minimum absolute atomic E-state index is 0.149. The predicted molar refractivity (Wildman–Crippen MR) is 115 cm³/mol. The monoisotopic (exact) mass is 414 g/mol. The summed E-state index contributed by atoms with van der Waals surface area (Å²) in [4.78, 5) is 34.8. The molecule has 0 saturated carbocycles. The van der Waals surface area contributed by atoms with Crippen molar-refractivity contribution in [2.75, 3.05) is 65.6 Å². The Balaban J connectivity index is 1.37. The number of rotatable bonds is 5. The van der Waals surface area contributed by atoms with E-state index in [1.54, 1.807) is 0 Å². The normalized spacial score (nSPS) is 23.4. The molecule has 30 heavy (non-hydrogen) atoms. The first-order valence-electron chi connectivity index (χ1n) is 11.3. The van der Waals surface area contributed by atoms with Crippen molar-refractivity contribution in [3.8, 4) is 0 Å². The summed E-state index contributed by atoms with van der Waals surface area (Å²) >= 11 is 0. The molecule has 7 nitrogen and oxygen atoms in total. The Hall–Kier alpha value is -1.96. The fourth-order valence-electron chi connectivity index (χ4n) is 4.85. The Labute approximate surface area is 179 Å². The Morgan fingerprint density at radius 1 is 0.767 bits per heavy atom. The fourth-order valence-corrected chi connectivity index (χ4v) is 4.85. The maximum absolute atomic E-state index is 13.5. The van der Waals surface area contributed by atoms with Crippen LogP contribution >= 0.6 is 0 Å². The predicted octanol–water partition coefficient (Wildman–Crippen LogP) is 1.22. The number of nitrogens with zero attached hydrogens (tertiary/aromatic N) is 4. The number of piperazine rings is 1. The molecule has 4 rings (SSSR count). The van der Waals surface area contributed by atoms with E-state index in [0.717, 1.165) is 44.6 Å². The smallest absolute Gasteiger partial charge is 0.244 e. The number of amides is 2. The second-order valence-corrected chi connectivity index (χ2v) is 8.53. The van der Waals surface area contributed by atoms with Crippen LogP contribution in [0.15, 0.2) is 30.3 Å². The highest BCUT2D eigenvalue weighted by atomic mass is 16.5. The lowest BCUT2D eigenvalue weighted by Gasteiger charge is -2.41. The van der Waals surface area contributed by atoms with Crippen LogP contribution in [0, 0.1) is 0 Å². The average molecular weight is 415 g/mol. The van der Waals surface area contributed by atoms with Gasteiger partial charge in [0.15, 0.2) is 0 Å². The lowest BCUT2D eigenvalue weighted by Crippen LogP contribution is -2.57. The van der Waals surface area contributed by atoms with E-state index in [1.165, 1.54) is 0 Å². The van der Waals surface area contributed by atoms with Crippen LogP contribution in [0.4, 0.5) is 0 Å². The summed E-state index contributed by atoms with van der Waals surface area (Å²) in [6, 6.07) is 9.84. The van der Waals surface area contributed by atoms with Crippen molar-refractivity contribution >= 4 is 11.8 Å². The maximum Gasteiger partial charge on any atom is 0.244 e. The van der Waals surface area contributed by atoms with E-state index in [9.17, 15) is 9.59 Å². The number of hydrogen-bond acceptors (Lipinski definition) is 5. The molecule has 0 radical (unpaired) electrons. The van der Waals surface area contributed by atoms with Crippen LogP contribution in [-0.2, 0) is 14.3 Å².